The molecule has 1 rings (SSSR count). The predicted molar refractivity (Wildman–Crippen MR) is 76.4 cm³/mol. The van der Waals surface area contributed by atoms with Gasteiger partial charge in [0, 0.05) is 0 Å². The van der Waals surface area contributed by atoms with E-state index in [4.69, 9.17) is 4.53 Å². The van der Waals surface area contributed by atoms with Gasteiger partial charge in [-0.1, -0.05) is 20.8 Å². The van der Waals surface area contributed by atoms with Crippen LogP contribution in [0.3, 0.4) is 0 Å². The Labute approximate surface area is 116 Å². The number of hydroxylamine groups is 2. The second kappa shape index (κ2) is 5.81. The maximum absolute atomic E-state index is 11.4. The lowest BCUT2D eigenvalue weighted by Gasteiger charge is -2.42. The van der Waals surface area contributed by atoms with Crippen LogP contribution in [0.5, 0.6) is 0 Å². The van der Waals surface area contributed by atoms with Crippen molar-refractivity contribution >= 4 is 14.4 Å². The maximum atomic E-state index is 11.4. The standard InChI is InChI=1S/C13H27NO4Si/c1-13(2,3)19(4,5)18-14(12(16)17)10-6-8-11(15)9-7-10/h10-11,15H,6-9H2,1-5H3,(H,16,17). The monoisotopic (exact) mass is 289 g/mol. The average Bonchev–Trinajstić information content (AvgIpc) is 2.25. The number of rotatable bonds is 3. The Hall–Kier alpha value is -0.593. The van der Waals surface area contributed by atoms with Crippen molar-refractivity contribution in [2.75, 3.05) is 0 Å². The van der Waals surface area contributed by atoms with Crippen molar-refractivity contribution in [3.8, 4) is 0 Å². The van der Waals surface area contributed by atoms with E-state index in [2.05, 4.69) is 20.8 Å². The van der Waals surface area contributed by atoms with Gasteiger partial charge in [0.25, 0.3) is 0 Å². The van der Waals surface area contributed by atoms with Crippen LogP contribution in [0, 0.1) is 0 Å². The molecule has 0 radical (unpaired) electrons. The minimum Gasteiger partial charge on any atom is -0.463 e. The fraction of sp³-hybridized carbons (Fsp3) is 0.923. The normalized spacial score (nSPS) is 25.2. The molecule has 0 aromatic heterocycles. The molecule has 0 spiro atoms. The van der Waals surface area contributed by atoms with Gasteiger partial charge >= 0.3 is 6.09 Å². The van der Waals surface area contributed by atoms with E-state index in [-0.39, 0.29) is 17.2 Å². The van der Waals surface area contributed by atoms with Gasteiger partial charge in [-0.15, -0.1) is 0 Å². The summed E-state index contributed by atoms with van der Waals surface area (Å²) in [6, 6.07) is -0.130. The van der Waals surface area contributed by atoms with E-state index in [9.17, 15) is 15.0 Å². The number of amides is 1. The largest absolute Gasteiger partial charge is 0.463 e. The number of hydrogen-bond acceptors (Lipinski definition) is 3. The third-order valence-corrected chi connectivity index (χ3v) is 8.58. The summed E-state index contributed by atoms with van der Waals surface area (Å²) in [7, 11) is -2.15. The van der Waals surface area contributed by atoms with Crippen molar-refractivity contribution in [3.05, 3.63) is 0 Å². The van der Waals surface area contributed by atoms with Crippen LogP contribution in [0.4, 0.5) is 4.79 Å². The minimum absolute atomic E-state index is 0.0329. The van der Waals surface area contributed by atoms with E-state index in [1.54, 1.807) is 0 Å². The van der Waals surface area contributed by atoms with Crippen molar-refractivity contribution in [2.24, 2.45) is 0 Å². The van der Waals surface area contributed by atoms with Crippen molar-refractivity contribution in [1.82, 2.24) is 5.06 Å². The van der Waals surface area contributed by atoms with E-state index in [1.165, 1.54) is 0 Å². The first kappa shape index (κ1) is 16.5. The first-order valence-electron chi connectivity index (χ1n) is 6.94. The van der Waals surface area contributed by atoms with Crippen LogP contribution in [-0.4, -0.2) is 41.8 Å². The Morgan fingerprint density at radius 3 is 2.05 bits per heavy atom. The fourth-order valence-electron chi connectivity index (χ4n) is 1.95. The molecule has 0 aromatic carbocycles. The molecule has 1 amide bonds. The van der Waals surface area contributed by atoms with Gasteiger partial charge in [0.1, 0.15) is 0 Å². The average molecular weight is 289 g/mol. The first-order valence-corrected chi connectivity index (χ1v) is 9.85. The molecule has 1 aliphatic carbocycles. The Kier molecular flexibility index (Phi) is 5.03. The SMILES string of the molecule is CC(C)(C)[Si](C)(C)ON(C(=O)O)C1CCC(O)CC1. The molecule has 6 heteroatoms. The molecule has 0 heterocycles. The number of carbonyl (C=O) groups is 1. The minimum atomic E-state index is -2.15. The lowest BCUT2D eigenvalue weighted by atomic mass is 9.93. The lowest BCUT2D eigenvalue weighted by molar-refractivity contribution is -0.0963. The van der Waals surface area contributed by atoms with Crippen LogP contribution in [0.25, 0.3) is 0 Å². The summed E-state index contributed by atoms with van der Waals surface area (Å²) in [4.78, 5) is 11.4. The zero-order valence-corrected chi connectivity index (χ0v) is 13.6. The van der Waals surface area contributed by atoms with Crippen molar-refractivity contribution in [1.29, 1.82) is 0 Å². The van der Waals surface area contributed by atoms with Crippen LogP contribution in [0.2, 0.25) is 18.1 Å². The van der Waals surface area contributed by atoms with E-state index in [0.29, 0.717) is 25.7 Å². The molecule has 0 atom stereocenters. The second-order valence-corrected chi connectivity index (χ2v) is 11.6. The van der Waals surface area contributed by atoms with Gasteiger partial charge in [-0.2, -0.15) is 5.06 Å². The Balaban J connectivity index is 2.77. The quantitative estimate of drug-likeness (QED) is 0.618. The molecule has 0 saturated heterocycles. The zero-order valence-electron chi connectivity index (χ0n) is 12.6. The summed E-state index contributed by atoms with van der Waals surface area (Å²) >= 11 is 0. The molecule has 0 aliphatic heterocycles. The van der Waals surface area contributed by atoms with Crippen LogP contribution in [0.1, 0.15) is 46.5 Å². The Morgan fingerprint density at radius 1 is 1.21 bits per heavy atom. The van der Waals surface area contributed by atoms with Gasteiger partial charge in [-0.25, -0.2) is 4.79 Å². The van der Waals surface area contributed by atoms with Gasteiger partial charge in [0.2, 0.25) is 8.32 Å². The van der Waals surface area contributed by atoms with Gasteiger partial charge in [-0.3, -0.25) is 0 Å². The third kappa shape index (κ3) is 4.19. The molecular formula is C13H27NO4Si. The summed E-state index contributed by atoms with van der Waals surface area (Å²) in [5.74, 6) is 0. The smallest absolute Gasteiger partial charge is 0.430 e. The maximum Gasteiger partial charge on any atom is 0.430 e. The molecular weight excluding hydrogens is 262 g/mol. The molecule has 0 aromatic rings. The van der Waals surface area contributed by atoms with E-state index >= 15 is 0 Å². The molecule has 19 heavy (non-hydrogen) atoms. The summed E-state index contributed by atoms with van der Waals surface area (Å²) in [5.41, 5.74) is 0. The van der Waals surface area contributed by atoms with Crippen LogP contribution in [-0.2, 0) is 4.53 Å². The van der Waals surface area contributed by atoms with E-state index in [1.807, 2.05) is 13.1 Å². The number of aliphatic hydroxyl groups excluding tert-OH is 1. The van der Waals surface area contributed by atoms with Gasteiger partial charge in [0.15, 0.2) is 0 Å². The van der Waals surface area contributed by atoms with Gasteiger partial charge in [0.05, 0.1) is 12.1 Å². The molecule has 1 aliphatic rings. The topological polar surface area (TPSA) is 70.0 Å². The van der Waals surface area contributed by atoms with Crippen LogP contribution in [0.15, 0.2) is 0 Å². The van der Waals surface area contributed by atoms with Crippen molar-refractivity contribution < 1.29 is 19.5 Å². The molecule has 5 nitrogen and oxygen atoms in total. The second-order valence-electron chi connectivity index (χ2n) is 6.92. The highest BCUT2D eigenvalue weighted by Crippen LogP contribution is 2.38. The zero-order chi connectivity index (χ0) is 14.8. The summed E-state index contributed by atoms with van der Waals surface area (Å²) in [6.45, 7) is 10.3. The molecule has 1 fully saturated rings. The molecule has 112 valence electrons. The highest BCUT2D eigenvalue weighted by Gasteiger charge is 2.42. The number of carboxylic acid groups (broad SMARTS) is 1. The molecule has 0 unspecified atom stereocenters. The fourth-order valence-corrected chi connectivity index (χ4v) is 2.94. The molecule has 2 N–H and O–H groups in total. The summed E-state index contributed by atoms with van der Waals surface area (Å²) in [5, 5.41) is 20.0. The highest BCUT2D eigenvalue weighted by molar-refractivity contribution is 6.74. The number of hydrogen-bond donors (Lipinski definition) is 2. The third-order valence-electron chi connectivity index (χ3n) is 4.32. The van der Waals surface area contributed by atoms with E-state index in [0.717, 1.165) is 5.06 Å². The number of aliphatic hydroxyl groups is 1. The summed E-state index contributed by atoms with van der Waals surface area (Å²) in [6.07, 6.45) is 1.32. The van der Waals surface area contributed by atoms with Crippen LogP contribution >= 0.6 is 0 Å². The van der Waals surface area contributed by atoms with E-state index < -0.39 is 14.4 Å². The lowest BCUT2D eigenvalue weighted by Crippen LogP contribution is -2.52. The highest BCUT2D eigenvalue weighted by atomic mass is 28.4. The van der Waals surface area contributed by atoms with Crippen molar-refractivity contribution in [2.45, 2.75) is 76.7 Å². The predicted octanol–water partition coefficient (Wildman–Crippen LogP) is 3.21. The Bertz CT molecular complexity index is 319. The Morgan fingerprint density at radius 2 is 1.68 bits per heavy atom. The summed E-state index contributed by atoms with van der Waals surface area (Å²) < 4.78 is 5.93. The van der Waals surface area contributed by atoms with Crippen molar-refractivity contribution in [3.63, 3.8) is 0 Å². The first-order chi connectivity index (χ1) is 8.54. The van der Waals surface area contributed by atoms with Crippen LogP contribution < -0.4 is 0 Å². The molecule has 0 bridgehead atoms. The van der Waals surface area contributed by atoms with Gasteiger partial charge < -0.3 is 14.7 Å². The number of nitrogens with zero attached hydrogens (tertiary/aromatic N) is 1. The molecule has 1 saturated carbocycles. The van der Waals surface area contributed by atoms with Gasteiger partial charge in [-0.05, 0) is 43.8 Å².